The maximum Gasteiger partial charge on any atom is 0.123 e. The van der Waals surface area contributed by atoms with Crippen LogP contribution in [-0.4, -0.2) is 5.75 Å². The standard InChI is InChI=1S/C12H18FNS/c1-8(2)7-15-12-5-4-10(13)6-11(12)9(3)14/h4-6,8-9H,7,14H2,1-3H3. The highest BCUT2D eigenvalue weighted by Crippen LogP contribution is 2.28. The summed E-state index contributed by atoms with van der Waals surface area (Å²) in [5.74, 6) is 1.45. The zero-order chi connectivity index (χ0) is 11.4. The summed E-state index contributed by atoms with van der Waals surface area (Å²) in [5.41, 5.74) is 6.71. The van der Waals surface area contributed by atoms with Crippen molar-refractivity contribution in [3.05, 3.63) is 29.6 Å². The molecule has 0 aliphatic carbocycles. The SMILES string of the molecule is CC(C)CSc1ccc(F)cc1C(C)N. The van der Waals surface area contributed by atoms with Crippen molar-refractivity contribution in [3.8, 4) is 0 Å². The first-order valence-corrected chi connectivity index (χ1v) is 6.17. The summed E-state index contributed by atoms with van der Waals surface area (Å²) in [7, 11) is 0. The zero-order valence-electron chi connectivity index (χ0n) is 9.46. The van der Waals surface area contributed by atoms with Crippen molar-refractivity contribution in [1.82, 2.24) is 0 Å². The Morgan fingerprint density at radius 1 is 1.33 bits per heavy atom. The summed E-state index contributed by atoms with van der Waals surface area (Å²) in [6.45, 7) is 6.22. The van der Waals surface area contributed by atoms with E-state index >= 15 is 0 Å². The van der Waals surface area contributed by atoms with Gasteiger partial charge in [0.2, 0.25) is 0 Å². The van der Waals surface area contributed by atoms with Gasteiger partial charge < -0.3 is 5.73 Å². The highest BCUT2D eigenvalue weighted by molar-refractivity contribution is 7.99. The Balaban J connectivity index is 2.86. The second kappa shape index (κ2) is 5.52. The Kier molecular flexibility index (Phi) is 4.61. The molecule has 0 saturated carbocycles. The van der Waals surface area contributed by atoms with Gasteiger partial charge in [0.15, 0.2) is 0 Å². The van der Waals surface area contributed by atoms with E-state index in [4.69, 9.17) is 5.73 Å². The largest absolute Gasteiger partial charge is 0.324 e. The van der Waals surface area contributed by atoms with Gasteiger partial charge in [-0.2, -0.15) is 0 Å². The number of hydrogen-bond acceptors (Lipinski definition) is 2. The molecule has 3 heteroatoms. The van der Waals surface area contributed by atoms with Gasteiger partial charge in [-0.15, -0.1) is 11.8 Å². The van der Waals surface area contributed by atoms with E-state index in [0.717, 1.165) is 16.2 Å². The molecule has 0 bridgehead atoms. The monoisotopic (exact) mass is 227 g/mol. The molecule has 0 spiro atoms. The first kappa shape index (κ1) is 12.5. The molecule has 1 atom stereocenters. The molecule has 15 heavy (non-hydrogen) atoms. The van der Waals surface area contributed by atoms with Crippen LogP contribution in [-0.2, 0) is 0 Å². The second-order valence-corrected chi connectivity index (χ2v) is 5.24. The van der Waals surface area contributed by atoms with Gasteiger partial charge >= 0.3 is 0 Å². The van der Waals surface area contributed by atoms with E-state index in [1.807, 2.05) is 13.0 Å². The minimum atomic E-state index is -0.212. The number of halogens is 1. The van der Waals surface area contributed by atoms with Crippen molar-refractivity contribution in [3.63, 3.8) is 0 Å². The van der Waals surface area contributed by atoms with Crippen LogP contribution in [0.2, 0.25) is 0 Å². The van der Waals surface area contributed by atoms with Gasteiger partial charge in [-0.3, -0.25) is 0 Å². The molecule has 2 N–H and O–H groups in total. The maximum atomic E-state index is 13.0. The summed E-state index contributed by atoms with van der Waals surface area (Å²) in [5, 5.41) is 0. The van der Waals surface area contributed by atoms with Crippen molar-refractivity contribution >= 4 is 11.8 Å². The topological polar surface area (TPSA) is 26.0 Å². The third-order valence-electron chi connectivity index (χ3n) is 2.03. The zero-order valence-corrected chi connectivity index (χ0v) is 10.3. The Hall–Kier alpha value is -0.540. The summed E-state index contributed by atoms with van der Waals surface area (Å²) in [6.07, 6.45) is 0. The molecule has 0 heterocycles. The molecule has 0 fully saturated rings. The van der Waals surface area contributed by atoms with E-state index in [1.165, 1.54) is 12.1 Å². The molecule has 0 saturated heterocycles. The molecular formula is C12H18FNS. The molecule has 1 aromatic carbocycles. The molecule has 1 aromatic rings. The first-order valence-electron chi connectivity index (χ1n) is 5.18. The smallest absolute Gasteiger partial charge is 0.123 e. The third kappa shape index (κ3) is 3.84. The predicted molar refractivity (Wildman–Crippen MR) is 64.6 cm³/mol. The average molecular weight is 227 g/mol. The van der Waals surface area contributed by atoms with Crippen molar-refractivity contribution < 1.29 is 4.39 Å². The van der Waals surface area contributed by atoms with Gasteiger partial charge in [-0.05, 0) is 36.6 Å². The van der Waals surface area contributed by atoms with Crippen molar-refractivity contribution in [2.45, 2.75) is 31.7 Å². The van der Waals surface area contributed by atoms with Gasteiger partial charge in [0.05, 0.1) is 0 Å². The van der Waals surface area contributed by atoms with E-state index in [-0.39, 0.29) is 11.9 Å². The van der Waals surface area contributed by atoms with Crippen LogP contribution in [0.25, 0.3) is 0 Å². The average Bonchev–Trinajstić information content (AvgIpc) is 2.15. The molecule has 0 radical (unpaired) electrons. The van der Waals surface area contributed by atoms with Crippen LogP contribution in [0.1, 0.15) is 32.4 Å². The molecule has 1 nitrogen and oxygen atoms in total. The van der Waals surface area contributed by atoms with Crippen LogP contribution in [0.3, 0.4) is 0 Å². The molecule has 84 valence electrons. The molecule has 0 aliphatic heterocycles. The predicted octanol–water partition coefficient (Wildman–Crippen LogP) is 3.59. The molecule has 1 rings (SSSR count). The Labute approximate surface area is 95.2 Å². The molecule has 0 amide bonds. The number of hydrogen-bond donors (Lipinski definition) is 1. The van der Waals surface area contributed by atoms with Crippen LogP contribution in [0.5, 0.6) is 0 Å². The summed E-state index contributed by atoms with van der Waals surface area (Å²) >= 11 is 1.75. The van der Waals surface area contributed by atoms with Gasteiger partial charge in [0, 0.05) is 16.7 Å². The Bertz CT molecular complexity index is 323. The summed E-state index contributed by atoms with van der Waals surface area (Å²) in [4.78, 5) is 1.10. The maximum absolute atomic E-state index is 13.0. The van der Waals surface area contributed by atoms with E-state index in [0.29, 0.717) is 5.92 Å². The fourth-order valence-electron chi connectivity index (χ4n) is 1.26. The van der Waals surface area contributed by atoms with Crippen molar-refractivity contribution in [2.75, 3.05) is 5.75 Å². The van der Waals surface area contributed by atoms with E-state index in [2.05, 4.69) is 13.8 Å². The second-order valence-electron chi connectivity index (χ2n) is 4.18. The fourth-order valence-corrected chi connectivity index (χ4v) is 2.35. The number of nitrogens with two attached hydrogens (primary N) is 1. The van der Waals surface area contributed by atoms with Crippen molar-refractivity contribution in [2.24, 2.45) is 11.7 Å². The third-order valence-corrected chi connectivity index (χ3v) is 3.55. The van der Waals surface area contributed by atoms with Gasteiger partial charge in [-0.1, -0.05) is 13.8 Å². The molecular weight excluding hydrogens is 209 g/mol. The number of benzene rings is 1. The number of thioether (sulfide) groups is 1. The first-order chi connectivity index (χ1) is 7.00. The van der Waals surface area contributed by atoms with Crippen LogP contribution in [0.15, 0.2) is 23.1 Å². The van der Waals surface area contributed by atoms with E-state index in [1.54, 1.807) is 11.8 Å². The lowest BCUT2D eigenvalue weighted by Gasteiger charge is -2.13. The lowest BCUT2D eigenvalue weighted by molar-refractivity contribution is 0.619. The highest BCUT2D eigenvalue weighted by Gasteiger charge is 2.09. The lowest BCUT2D eigenvalue weighted by atomic mass is 10.1. The molecule has 0 aliphatic rings. The van der Waals surface area contributed by atoms with Crippen molar-refractivity contribution in [1.29, 1.82) is 0 Å². The highest BCUT2D eigenvalue weighted by atomic mass is 32.2. The normalized spacial score (nSPS) is 13.2. The van der Waals surface area contributed by atoms with Crippen LogP contribution < -0.4 is 5.73 Å². The van der Waals surface area contributed by atoms with Gasteiger partial charge in [0.25, 0.3) is 0 Å². The van der Waals surface area contributed by atoms with Crippen LogP contribution in [0.4, 0.5) is 4.39 Å². The minimum absolute atomic E-state index is 0.115. The lowest BCUT2D eigenvalue weighted by Crippen LogP contribution is -2.07. The molecule has 0 aromatic heterocycles. The van der Waals surface area contributed by atoms with E-state index < -0.39 is 0 Å². The minimum Gasteiger partial charge on any atom is -0.324 e. The molecule has 1 unspecified atom stereocenters. The fraction of sp³-hybridized carbons (Fsp3) is 0.500. The summed E-state index contributed by atoms with van der Waals surface area (Å²) in [6, 6.07) is 4.73. The summed E-state index contributed by atoms with van der Waals surface area (Å²) < 4.78 is 13.0. The van der Waals surface area contributed by atoms with Gasteiger partial charge in [0.1, 0.15) is 5.82 Å². The van der Waals surface area contributed by atoms with Gasteiger partial charge in [-0.25, -0.2) is 4.39 Å². The Morgan fingerprint density at radius 3 is 2.53 bits per heavy atom. The van der Waals surface area contributed by atoms with Crippen LogP contribution in [0, 0.1) is 11.7 Å². The number of rotatable bonds is 4. The quantitative estimate of drug-likeness (QED) is 0.795. The van der Waals surface area contributed by atoms with Crippen LogP contribution >= 0.6 is 11.8 Å². The van der Waals surface area contributed by atoms with E-state index in [9.17, 15) is 4.39 Å². The Morgan fingerprint density at radius 2 is 2.00 bits per heavy atom.